The van der Waals surface area contributed by atoms with E-state index in [1.807, 2.05) is 18.2 Å². The average molecular weight is 372 g/mol. The molecule has 0 unspecified atom stereocenters. The fourth-order valence-electron chi connectivity index (χ4n) is 3.60. The van der Waals surface area contributed by atoms with Crippen molar-refractivity contribution in [2.45, 2.75) is 19.5 Å². The summed E-state index contributed by atoms with van der Waals surface area (Å²) in [5, 5.41) is 4.66. The van der Waals surface area contributed by atoms with Crippen molar-refractivity contribution in [3.05, 3.63) is 64.6 Å². The molecule has 3 aromatic rings. The second kappa shape index (κ2) is 6.74. The van der Waals surface area contributed by atoms with E-state index < -0.39 is 0 Å². The number of anilines is 1. The van der Waals surface area contributed by atoms with Gasteiger partial charge in [0.25, 0.3) is 0 Å². The van der Waals surface area contributed by atoms with Crippen LogP contribution >= 0.6 is 11.6 Å². The highest BCUT2D eigenvalue weighted by atomic mass is 35.5. The lowest BCUT2D eigenvalue weighted by atomic mass is 10.0. The van der Waals surface area contributed by atoms with E-state index in [4.69, 9.17) is 11.6 Å². The number of amides is 1. The number of nitrogens with zero attached hydrogens (tertiary/aromatic N) is 2. The SMILES string of the molecule is CN1CCc2c(n(CC(=O)Nc3ccc(F)cc3)c3ccc(Cl)cc23)C1. The van der Waals surface area contributed by atoms with E-state index in [0.29, 0.717) is 10.7 Å². The van der Waals surface area contributed by atoms with Crippen molar-refractivity contribution in [1.82, 2.24) is 9.47 Å². The van der Waals surface area contributed by atoms with E-state index in [1.54, 1.807) is 12.1 Å². The molecule has 0 aliphatic carbocycles. The van der Waals surface area contributed by atoms with Gasteiger partial charge < -0.3 is 14.8 Å². The van der Waals surface area contributed by atoms with Crippen LogP contribution in [-0.4, -0.2) is 29.0 Å². The molecule has 1 aliphatic rings. The Morgan fingerprint density at radius 2 is 2.00 bits per heavy atom. The summed E-state index contributed by atoms with van der Waals surface area (Å²) in [4.78, 5) is 14.8. The van der Waals surface area contributed by atoms with Gasteiger partial charge in [-0.1, -0.05) is 11.6 Å². The molecule has 1 N–H and O–H groups in total. The minimum Gasteiger partial charge on any atom is -0.334 e. The summed E-state index contributed by atoms with van der Waals surface area (Å²) in [6, 6.07) is 11.6. The third-order valence-corrected chi connectivity index (χ3v) is 5.08. The van der Waals surface area contributed by atoms with Crippen molar-refractivity contribution in [3.63, 3.8) is 0 Å². The maximum atomic E-state index is 13.0. The van der Waals surface area contributed by atoms with E-state index in [9.17, 15) is 9.18 Å². The predicted octanol–water partition coefficient (Wildman–Crippen LogP) is 4.06. The third-order valence-electron chi connectivity index (χ3n) is 4.84. The van der Waals surface area contributed by atoms with Crippen molar-refractivity contribution in [2.75, 3.05) is 18.9 Å². The van der Waals surface area contributed by atoms with Gasteiger partial charge in [0.1, 0.15) is 12.4 Å². The highest BCUT2D eigenvalue weighted by Crippen LogP contribution is 2.32. The lowest BCUT2D eigenvalue weighted by molar-refractivity contribution is -0.116. The molecule has 0 atom stereocenters. The highest BCUT2D eigenvalue weighted by Gasteiger charge is 2.23. The molecule has 4 nitrogen and oxygen atoms in total. The van der Waals surface area contributed by atoms with Gasteiger partial charge in [0.2, 0.25) is 5.91 Å². The van der Waals surface area contributed by atoms with Crippen LogP contribution in [0, 0.1) is 5.82 Å². The lowest BCUT2D eigenvalue weighted by Gasteiger charge is -2.24. The minimum atomic E-state index is -0.326. The number of rotatable bonds is 3. The molecule has 0 bridgehead atoms. The van der Waals surface area contributed by atoms with Crippen LogP contribution < -0.4 is 5.32 Å². The molecule has 0 spiro atoms. The summed E-state index contributed by atoms with van der Waals surface area (Å²) < 4.78 is 15.1. The lowest BCUT2D eigenvalue weighted by Crippen LogP contribution is -2.29. The van der Waals surface area contributed by atoms with Gasteiger partial charge in [0.05, 0.1) is 0 Å². The maximum absolute atomic E-state index is 13.0. The summed E-state index contributed by atoms with van der Waals surface area (Å²) in [5.41, 5.74) is 4.03. The molecule has 6 heteroatoms. The Kier molecular flexibility index (Phi) is 4.42. The number of benzene rings is 2. The summed E-state index contributed by atoms with van der Waals surface area (Å²) in [6.07, 6.45) is 0.940. The Bertz CT molecular complexity index is 981. The third kappa shape index (κ3) is 3.20. The van der Waals surface area contributed by atoms with Gasteiger partial charge in [-0.05, 0) is 61.5 Å². The number of likely N-dealkylation sites (N-methyl/N-ethyl adjacent to an activating group) is 1. The van der Waals surface area contributed by atoms with Gasteiger partial charge in [0, 0.05) is 40.4 Å². The van der Waals surface area contributed by atoms with Crippen LogP contribution in [0.5, 0.6) is 0 Å². The van der Waals surface area contributed by atoms with Crippen LogP contribution in [-0.2, 0) is 24.3 Å². The van der Waals surface area contributed by atoms with Crippen LogP contribution in [0.25, 0.3) is 10.9 Å². The van der Waals surface area contributed by atoms with Gasteiger partial charge in [-0.2, -0.15) is 0 Å². The molecule has 2 heterocycles. The topological polar surface area (TPSA) is 37.3 Å². The zero-order valence-corrected chi connectivity index (χ0v) is 15.2. The second-order valence-corrected chi connectivity index (χ2v) is 7.15. The standard InChI is InChI=1S/C20H19ClFN3O/c1-24-9-8-16-17-10-13(21)2-7-18(17)25(19(16)11-24)12-20(26)23-15-5-3-14(22)4-6-15/h2-7,10H,8-9,11-12H2,1H3,(H,23,26). The van der Waals surface area contributed by atoms with E-state index in [1.165, 1.54) is 17.7 Å². The normalized spacial score (nSPS) is 14.4. The highest BCUT2D eigenvalue weighted by molar-refractivity contribution is 6.31. The molecule has 1 aromatic heterocycles. The first-order valence-corrected chi connectivity index (χ1v) is 8.92. The molecular weight excluding hydrogens is 353 g/mol. The van der Waals surface area contributed by atoms with E-state index in [-0.39, 0.29) is 18.3 Å². The summed E-state index contributed by atoms with van der Waals surface area (Å²) in [5.74, 6) is -0.465. The van der Waals surface area contributed by atoms with Gasteiger partial charge >= 0.3 is 0 Å². The number of fused-ring (bicyclic) bond motifs is 3. The van der Waals surface area contributed by atoms with Gasteiger partial charge in [-0.25, -0.2) is 4.39 Å². The van der Waals surface area contributed by atoms with Crippen LogP contribution in [0.3, 0.4) is 0 Å². The molecule has 0 saturated carbocycles. The first-order valence-electron chi connectivity index (χ1n) is 8.55. The molecule has 2 aromatic carbocycles. The number of hydrogen-bond acceptors (Lipinski definition) is 2. The molecule has 1 amide bonds. The van der Waals surface area contributed by atoms with E-state index in [2.05, 4.69) is 21.8 Å². The number of carbonyl (C=O) groups is 1. The Labute approximate surface area is 156 Å². The smallest absolute Gasteiger partial charge is 0.244 e. The number of nitrogens with one attached hydrogen (secondary N) is 1. The average Bonchev–Trinajstić information content (AvgIpc) is 2.89. The van der Waals surface area contributed by atoms with E-state index in [0.717, 1.165) is 36.1 Å². The van der Waals surface area contributed by atoms with Crippen LogP contribution in [0.2, 0.25) is 5.02 Å². The first-order chi connectivity index (χ1) is 12.5. The second-order valence-electron chi connectivity index (χ2n) is 6.72. The minimum absolute atomic E-state index is 0.139. The number of hydrogen-bond donors (Lipinski definition) is 1. The Balaban J connectivity index is 1.68. The van der Waals surface area contributed by atoms with Crippen molar-refractivity contribution in [3.8, 4) is 0 Å². The van der Waals surface area contributed by atoms with Crippen molar-refractivity contribution < 1.29 is 9.18 Å². The fraction of sp³-hybridized carbons (Fsp3) is 0.250. The Morgan fingerprint density at radius 3 is 2.77 bits per heavy atom. The number of halogens is 2. The summed E-state index contributed by atoms with van der Waals surface area (Å²) >= 11 is 6.20. The molecule has 134 valence electrons. The predicted molar refractivity (Wildman–Crippen MR) is 102 cm³/mol. The molecule has 0 fully saturated rings. The molecule has 0 radical (unpaired) electrons. The van der Waals surface area contributed by atoms with E-state index >= 15 is 0 Å². The number of aromatic nitrogens is 1. The number of carbonyl (C=O) groups excluding carboxylic acids is 1. The molecule has 26 heavy (non-hydrogen) atoms. The van der Waals surface area contributed by atoms with Crippen molar-refractivity contribution in [2.24, 2.45) is 0 Å². The molecule has 4 rings (SSSR count). The molecular formula is C20H19ClFN3O. The van der Waals surface area contributed by atoms with Crippen LogP contribution in [0.1, 0.15) is 11.3 Å². The zero-order chi connectivity index (χ0) is 18.3. The van der Waals surface area contributed by atoms with Gasteiger partial charge in [-0.15, -0.1) is 0 Å². The summed E-state index contributed by atoms with van der Waals surface area (Å²) in [6.45, 7) is 1.99. The largest absolute Gasteiger partial charge is 0.334 e. The first kappa shape index (κ1) is 17.1. The fourth-order valence-corrected chi connectivity index (χ4v) is 3.78. The molecule has 1 aliphatic heterocycles. The summed E-state index contributed by atoms with van der Waals surface area (Å²) in [7, 11) is 2.08. The monoisotopic (exact) mass is 371 g/mol. The van der Waals surface area contributed by atoms with Crippen LogP contribution in [0.15, 0.2) is 42.5 Å². The zero-order valence-electron chi connectivity index (χ0n) is 14.4. The molecule has 0 saturated heterocycles. The van der Waals surface area contributed by atoms with Crippen LogP contribution in [0.4, 0.5) is 10.1 Å². The van der Waals surface area contributed by atoms with Crippen molar-refractivity contribution >= 4 is 34.1 Å². The van der Waals surface area contributed by atoms with Gasteiger partial charge in [-0.3, -0.25) is 4.79 Å². The Hall–Kier alpha value is -2.37. The Morgan fingerprint density at radius 1 is 1.23 bits per heavy atom. The van der Waals surface area contributed by atoms with Crippen molar-refractivity contribution in [1.29, 1.82) is 0 Å². The van der Waals surface area contributed by atoms with Gasteiger partial charge in [0.15, 0.2) is 0 Å². The quantitative estimate of drug-likeness (QED) is 0.753. The maximum Gasteiger partial charge on any atom is 0.244 e.